The summed E-state index contributed by atoms with van der Waals surface area (Å²) < 4.78 is 0. The average molecular weight is 168 g/mol. The van der Waals surface area contributed by atoms with Crippen LogP contribution >= 0.6 is 0 Å². The number of nitrogens with one attached hydrogen (secondary N) is 1. The molecule has 0 aromatic carbocycles. The summed E-state index contributed by atoms with van der Waals surface area (Å²) in [4.78, 5) is 10.8. The lowest BCUT2D eigenvalue weighted by molar-refractivity contribution is -0.112. The quantitative estimate of drug-likeness (QED) is 0.519. The topological polar surface area (TPSA) is 70.7 Å². The Balaban J connectivity index is 2.09. The summed E-state index contributed by atoms with van der Waals surface area (Å²) in [6, 6.07) is 0. The smallest absolute Gasteiger partial charge is 0.265 e. The first kappa shape index (κ1) is 7.54. The van der Waals surface area contributed by atoms with Gasteiger partial charge in [-0.2, -0.15) is 5.10 Å². The molecular weight excluding hydrogens is 156 g/mol. The second-order valence-corrected chi connectivity index (χ2v) is 3.10. The minimum atomic E-state index is -0.397. The zero-order valence-corrected chi connectivity index (χ0v) is 6.79. The first-order valence-electron chi connectivity index (χ1n) is 4.14. The number of fused-ring (bicyclic) bond motifs is 1. The molecule has 1 fully saturated rings. The van der Waals surface area contributed by atoms with Gasteiger partial charge in [0, 0.05) is 13.0 Å². The van der Waals surface area contributed by atoms with Crippen LogP contribution in [0.4, 0.5) is 0 Å². The molecule has 3 N–H and O–H groups in total. The Morgan fingerprint density at radius 3 is 3.25 bits per heavy atom. The van der Waals surface area contributed by atoms with Crippen molar-refractivity contribution in [3.8, 4) is 0 Å². The number of carbonyl (C=O) groups is 1. The Hall–Kier alpha value is -1.10. The monoisotopic (exact) mass is 168 g/mol. The summed E-state index contributed by atoms with van der Waals surface area (Å²) in [7, 11) is 0. The van der Waals surface area contributed by atoms with E-state index in [1.165, 1.54) is 0 Å². The molecule has 0 bridgehead atoms. The predicted molar refractivity (Wildman–Crippen MR) is 44.4 cm³/mol. The highest BCUT2D eigenvalue weighted by Crippen LogP contribution is 2.16. The van der Waals surface area contributed by atoms with E-state index in [2.05, 4.69) is 10.4 Å². The molecule has 0 aromatic rings. The largest absolute Gasteiger partial charge is 0.364 e. The number of hydrazone groups is 1. The van der Waals surface area contributed by atoms with Crippen molar-refractivity contribution in [2.24, 2.45) is 10.8 Å². The molecule has 2 rings (SSSR count). The lowest BCUT2D eigenvalue weighted by atomic mass is 10.2. The Kier molecular flexibility index (Phi) is 1.73. The van der Waals surface area contributed by atoms with Crippen LogP contribution in [-0.2, 0) is 4.79 Å². The Morgan fingerprint density at radius 1 is 1.75 bits per heavy atom. The van der Waals surface area contributed by atoms with Crippen LogP contribution in [-0.4, -0.2) is 35.9 Å². The fraction of sp³-hybridized carbons (Fsp3) is 0.714. The zero-order valence-electron chi connectivity index (χ0n) is 6.79. The number of primary amides is 1. The number of carbonyl (C=O) groups excluding carboxylic acids is 1. The molecule has 0 aliphatic carbocycles. The van der Waals surface area contributed by atoms with E-state index in [4.69, 9.17) is 5.73 Å². The maximum atomic E-state index is 10.8. The van der Waals surface area contributed by atoms with Crippen LogP contribution < -0.4 is 11.1 Å². The summed E-state index contributed by atoms with van der Waals surface area (Å²) in [6.45, 7) is 1.93. The Morgan fingerprint density at radius 2 is 2.58 bits per heavy atom. The van der Waals surface area contributed by atoms with Crippen molar-refractivity contribution in [3.05, 3.63) is 0 Å². The van der Waals surface area contributed by atoms with Crippen LogP contribution in [0.5, 0.6) is 0 Å². The van der Waals surface area contributed by atoms with E-state index in [-0.39, 0.29) is 6.17 Å². The molecule has 0 spiro atoms. The highest BCUT2D eigenvalue weighted by Gasteiger charge is 2.30. The lowest BCUT2D eigenvalue weighted by Crippen LogP contribution is -2.46. The highest BCUT2D eigenvalue weighted by atomic mass is 16.1. The molecule has 5 heteroatoms. The number of hydrogen-bond donors (Lipinski definition) is 2. The van der Waals surface area contributed by atoms with E-state index in [9.17, 15) is 4.79 Å². The van der Waals surface area contributed by atoms with Gasteiger partial charge in [0.05, 0.1) is 0 Å². The molecule has 1 unspecified atom stereocenters. The van der Waals surface area contributed by atoms with Crippen LogP contribution in [0.25, 0.3) is 0 Å². The van der Waals surface area contributed by atoms with Crippen molar-refractivity contribution < 1.29 is 4.79 Å². The Labute approximate surface area is 70.6 Å². The van der Waals surface area contributed by atoms with Crippen LogP contribution in [0.3, 0.4) is 0 Å². The molecule has 1 atom stereocenters. The molecule has 1 amide bonds. The van der Waals surface area contributed by atoms with Gasteiger partial charge in [0.2, 0.25) is 0 Å². The van der Waals surface area contributed by atoms with Gasteiger partial charge in [0.25, 0.3) is 5.91 Å². The van der Waals surface area contributed by atoms with Gasteiger partial charge >= 0.3 is 0 Å². The van der Waals surface area contributed by atoms with E-state index in [0.717, 1.165) is 19.5 Å². The fourth-order valence-corrected chi connectivity index (χ4v) is 1.60. The van der Waals surface area contributed by atoms with E-state index >= 15 is 0 Å². The van der Waals surface area contributed by atoms with Crippen LogP contribution in [0.1, 0.15) is 12.8 Å². The maximum absolute atomic E-state index is 10.8. The van der Waals surface area contributed by atoms with E-state index in [1.54, 1.807) is 0 Å². The minimum Gasteiger partial charge on any atom is -0.364 e. The van der Waals surface area contributed by atoms with Gasteiger partial charge in [-0.05, 0) is 13.0 Å². The maximum Gasteiger partial charge on any atom is 0.265 e. The molecule has 2 heterocycles. The minimum absolute atomic E-state index is 0.209. The first-order chi connectivity index (χ1) is 5.77. The predicted octanol–water partition coefficient (Wildman–Crippen LogP) is -1.15. The summed E-state index contributed by atoms with van der Waals surface area (Å²) in [5, 5.41) is 9.30. The fourth-order valence-electron chi connectivity index (χ4n) is 1.60. The molecular formula is C7H12N4O. The second kappa shape index (κ2) is 2.75. The van der Waals surface area contributed by atoms with Gasteiger partial charge in [-0.1, -0.05) is 0 Å². The van der Waals surface area contributed by atoms with Crippen molar-refractivity contribution in [2.75, 3.05) is 13.1 Å². The average Bonchev–Trinajstić information content (AvgIpc) is 2.46. The third-order valence-electron chi connectivity index (χ3n) is 2.22. The number of hydrogen-bond acceptors (Lipinski definition) is 4. The molecule has 12 heavy (non-hydrogen) atoms. The zero-order chi connectivity index (χ0) is 8.55. The third kappa shape index (κ3) is 1.16. The Bertz CT molecular complexity index is 238. The van der Waals surface area contributed by atoms with Crippen LogP contribution in [0, 0.1) is 0 Å². The normalized spacial score (nSPS) is 28.2. The second-order valence-electron chi connectivity index (χ2n) is 3.10. The van der Waals surface area contributed by atoms with Crippen molar-refractivity contribution in [1.29, 1.82) is 0 Å². The molecule has 0 saturated carbocycles. The lowest BCUT2D eigenvalue weighted by Gasteiger charge is -2.29. The summed E-state index contributed by atoms with van der Waals surface area (Å²) in [5.74, 6) is -0.397. The van der Waals surface area contributed by atoms with Gasteiger partial charge in [0.1, 0.15) is 11.9 Å². The van der Waals surface area contributed by atoms with Gasteiger partial charge < -0.3 is 5.73 Å². The van der Waals surface area contributed by atoms with E-state index in [1.807, 2.05) is 5.01 Å². The highest BCUT2D eigenvalue weighted by molar-refractivity contribution is 6.38. The van der Waals surface area contributed by atoms with E-state index < -0.39 is 5.91 Å². The van der Waals surface area contributed by atoms with Gasteiger partial charge in [-0.3, -0.25) is 15.1 Å². The standard InChI is InChI=1S/C7H12N4O/c8-7(12)5-4-6-9-2-1-3-11(6)10-5/h6,9H,1-4H2,(H2,8,12). The third-order valence-corrected chi connectivity index (χ3v) is 2.22. The molecule has 5 nitrogen and oxygen atoms in total. The van der Waals surface area contributed by atoms with Gasteiger partial charge in [-0.15, -0.1) is 0 Å². The van der Waals surface area contributed by atoms with Crippen molar-refractivity contribution in [1.82, 2.24) is 10.3 Å². The van der Waals surface area contributed by atoms with Crippen LogP contribution in [0.2, 0.25) is 0 Å². The molecule has 1 saturated heterocycles. The molecule has 2 aliphatic rings. The van der Waals surface area contributed by atoms with Crippen LogP contribution in [0.15, 0.2) is 5.10 Å². The van der Waals surface area contributed by atoms with Gasteiger partial charge in [0.15, 0.2) is 0 Å². The van der Waals surface area contributed by atoms with E-state index in [0.29, 0.717) is 12.1 Å². The SMILES string of the molecule is NC(=O)C1=NN2CCCNC2C1. The van der Waals surface area contributed by atoms with Gasteiger partial charge in [-0.25, -0.2) is 0 Å². The van der Waals surface area contributed by atoms with Crippen molar-refractivity contribution in [3.63, 3.8) is 0 Å². The summed E-state index contributed by atoms with van der Waals surface area (Å²) >= 11 is 0. The number of nitrogens with zero attached hydrogens (tertiary/aromatic N) is 2. The van der Waals surface area contributed by atoms with Crippen molar-refractivity contribution in [2.45, 2.75) is 19.0 Å². The number of rotatable bonds is 1. The number of amides is 1. The molecule has 0 radical (unpaired) electrons. The summed E-state index contributed by atoms with van der Waals surface area (Å²) in [5.41, 5.74) is 5.62. The summed E-state index contributed by atoms with van der Waals surface area (Å²) in [6.07, 6.45) is 1.93. The first-order valence-corrected chi connectivity index (χ1v) is 4.14. The molecule has 66 valence electrons. The molecule has 2 aliphatic heterocycles. The number of nitrogens with two attached hydrogens (primary N) is 1. The molecule has 0 aromatic heterocycles. The van der Waals surface area contributed by atoms with Crippen molar-refractivity contribution >= 4 is 11.6 Å².